The lowest BCUT2D eigenvalue weighted by molar-refractivity contribution is -0.121. The molecule has 0 spiro atoms. The second-order valence-corrected chi connectivity index (χ2v) is 7.38. The SMILES string of the molecule is CCOc1cc(/C=C2/SC(=S)N(C)C2=O)c(Br)c(Br)c1O. The highest BCUT2D eigenvalue weighted by Gasteiger charge is 2.29. The van der Waals surface area contributed by atoms with Gasteiger partial charge in [0.05, 0.1) is 16.0 Å². The van der Waals surface area contributed by atoms with Gasteiger partial charge >= 0.3 is 0 Å². The fourth-order valence-corrected chi connectivity index (χ4v) is 3.68. The van der Waals surface area contributed by atoms with Gasteiger partial charge in [-0.15, -0.1) is 0 Å². The number of thiocarbonyl (C=S) groups is 1. The average molecular weight is 453 g/mol. The minimum atomic E-state index is -0.140. The number of carbonyl (C=O) groups is 1. The quantitative estimate of drug-likeness (QED) is 0.551. The van der Waals surface area contributed by atoms with E-state index in [0.29, 0.717) is 30.5 Å². The smallest absolute Gasteiger partial charge is 0.265 e. The molecular weight excluding hydrogens is 442 g/mol. The molecule has 1 aliphatic heterocycles. The van der Waals surface area contributed by atoms with E-state index < -0.39 is 0 Å². The van der Waals surface area contributed by atoms with Crippen molar-refractivity contribution in [1.82, 2.24) is 4.90 Å². The Hall–Kier alpha value is -0.570. The van der Waals surface area contributed by atoms with Gasteiger partial charge in [-0.1, -0.05) is 24.0 Å². The first kappa shape index (κ1) is 16.8. The summed E-state index contributed by atoms with van der Waals surface area (Å²) in [4.78, 5) is 14.0. The Morgan fingerprint density at radius 3 is 2.67 bits per heavy atom. The third-order valence-electron chi connectivity index (χ3n) is 2.75. The summed E-state index contributed by atoms with van der Waals surface area (Å²) in [5.74, 6) is 0.230. The molecule has 1 fully saturated rings. The van der Waals surface area contributed by atoms with Gasteiger partial charge in [-0.2, -0.15) is 0 Å². The van der Waals surface area contributed by atoms with Crippen LogP contribution in [0.3, 0.4) is 0 Å². The molecule has 1 saturated heterocycles. The molecule has 0 bridgehead atoms. The van der Waals surface area contributed by atoms with Crippen molar-refractivity contribution in [3.05, 3.63) is 25.5 Å². The zero-order valence-corrected chi connectivity index (χ0v) is 16.0. The fourth-order valence-electron chi connectivity index (χ4n) is 1.67. The Balaban J connectivity index is 2.50. The van der Waals surface area contributed by atoms with Crippen molar-refractivity contribution in [3.63, 3.8) is 0 Å². The molecule has 1 N–H and O–H groups in total. The van der Waals surface area contributed by atoms with Crippen LogP contribution < -0.4 is 4.74 Å². The van der Waals surface area contributed by atoms with Gasteiger partial charge < -0.3 is 9.84 Å². The number of hydrogen-bond acceptors (Lipinski definition) is 5. The van der Waals surface area contributed by atoms with Crippen LogP contribution in [0.1, 0.15) is 12.5 Å². The van der Waals surface area contributed by atoms with E-state index in [9.17, 15) is 9.90 Å². The zero-order chi connectivity index (χ0) is 15.7. The Kier molecular flexibility index (Phi) is 5.34. The first-order chi connectivity index (χ1) is 9.86. The molecule has 21 heavy (non-hydrogen) atoms. The molecule has 1 heterocycles. The van der Waals surface area contributed by atoms with Crippen LogP contribution in [0.2, 0.25) is 0 Å². The summed E-state index contributed by atoms with van der Waals surface area (Å²) in [5.41, 5.74) is 0.720. The number of thioether (sulfide) groups is 1. The maximum atomic E-state index is 12.0. The molecule has 1 aromatic carbocycles. The number of hydrogen-bond donors (Lipinski definition) is 1. The lowest BCUT2D eigenvalue weighted by atomic mass is 10.2. The van der Waals surface area contributed by atoms with Crippen LogP contribution >= 0.6 is 55.8 Å². The second-order valence-electron chi connectivity index (χ2n) is 4.11. The second kappa shape index (κ2) is 6.68. The summed E-state index contributed by atoms with van der Waals surface area (Å²) in [6, 6.07) is 1.68. The van der Waals surface area contributed by atoms with Crippen LogP contribution in [0, 0.1) is 0 Å². The van der Waals surface area contributed by atoms with Crippen LogP contribution in [0.4, 0.5) is 0 Å². The molecule has 1 aromatic rings. The molecule has 0 unspecified atom stereocenters. The van der Waals surface area contributed by atoms with Crippen LogP contribution in [0.25, 0.3) is 6.08 Å². The zero-order valence-electron chi connectivity index (χ0n) is 11.1. The number of phenols is 1. The fraction of sp³-hybridized carbons (Fsp3) is 0.231. The van der Waals surface area contributed by atoms with Crippen LogP contribution in [-0.2, 0) is 4.79 Å². The molecule has 0 aromatic heterocycles. The summed E-state index contributed by atoms with van der Waals surface area (Å²) >= 11 is 13.0. The molecule has 112 valence electrons. The lowest BCUT2D eigenvalue weighted by Crippen LogP contribution is -2.22. The van der Waals surface area contributed by atoms with E-state index in [2.05, 4.69) is 31.9 Å². The molecule has 0 atom stereocenters. The van der Waals surface area contributed by atoms with E-state index in [1.54, 1.807) is 19.2 Å². The van der Waals surface area contributed by atoms with Gasteiger partial charge in [0.2, 0.25) is 0 Å². The van der Waals surface area contributed by atoms with Crippen molar-refractivity contribution in [1.29, 1.82) is 0 Å². The van der Waals surface area contributed by atoms with E-state index in [4.69, 9.17) is 17.0 Å². The third kappa shape index (κ3) is 3.28. The maximum absolute atomic E-state index is 12.0. The highest BCUT2D eigenvalue weighted by atomic mass is 79.9. The van der Waals surface area contributed by atoms with Crippen LogP contribution in [-0.4, -0.2) is 33.9 Å². The predicted octanol–water partition coefficient (Wildman–Crippen LogP) is 4.15. The number of ether oxygens (including phenoxy) is 1. The standard InChI is InChI=1S/C13H11Br2NO3S2/c1-3-19-7-4-6(9(14)10(15)11(7)17)5-8-12(18)16(2)13(20)21-8/h4-5,17H,3H2,1-2H3/b8-5+. The number of carbonyl (C=O) groups excluding carboxylic acids is 1. The number of likely N-dealkylation sites (N-methyl/N-ethyl adjacent to an activating group) is 1. The summed E-state index contributed by atoms with van der Waals surface area (Å²) < 4.78 is 7.03. The number of amides is 1. The molecule has 0 radical (unpaired) electrons. The largest absolute Gasteiger partial charge is 0.503 e. The van der Waals surface area contributed by atoms with Crippen LogP contribution in [0.5, 0.6) is 11.5 Å². The molecule has 1 aliphatic rings. The minimum absolute atomic E-state index is 0.0175. The molecule has 1 amide bonds. The van der Waals surface area contributed by atoms with Gasteiger partial charge in [0, 0.05) is 11.5 Å². The molecule has 8 heteroatoms. The van der Waals surface area contributed by atoms with Crippen molar-refractivity contribution >= 4 is 72.1 Å². The number of aromatic hydroxyl groups is 1. The van der Waals surface area contributed by atoms with Crippen LogP contribution in [0.15, 0.2) is 19.9 Å². The third-order valence-corrected chi connectivity index (χ3v) is 6.39. The molecule has 0 saturated carbocycles. The minimum Gasteiger partial charge on any atom is -0.503 e. The predicted molar refractivity (Wildman–Crippen MR) is 95.6 cm³/mol. The first-order valence-corrected chi connectivity index (χ1v) is 8.73. The number of phenolic OH excluding ortho intramolecular Hbond substituents is 1. The monoisotopic (exact) mass is 451 g/mol. The first-order valence-electron chi connectivity index (χ1n) is 5.92. The topological polar surface area (TPSA) is 49.8 Å². The summed E-state index contributed by atoms with van der Waals surface area (Å²) in [6.07, 6.45) is 1.72. The van der Waals surface area contributed by atoms with Gasteiger partial charge in [-0.05, 0) is 56.5 Å². The number of benzene rings is 1. The van der Waals surface area contributed by atoms with Gasteiger partial charge in [-0.25, -0.2) is 0 Å². The van der Waals surface area contributed by atoms with E-state index in [0.717, 1.165) is 5.56 Å². The van der Waals surface area contributed by atoms with Crippen molar-refractivity contribution in [2.75, 3.05) is 13.7 Å². The Labute approximate surface area is 148 Å². The maximum Gasteiger partial charge on any atom is 0.265 e. The van der Waals surface area contributed by atoms with Crippen molar-refractivity contribution in [3.8, 4) is 11.5 Å². The molecule has 4 nitrogen and oxygen atoms in total. The summed E-state index contributed by atoms with van der Waals surface area (Å²) in [5, 5.41) is 10.0. The van der Waals surface area contributed by atoms with E-state index in [1.807, 2.05) is 6.92 Å². The van der Waals surface area contributed by atoms with E-state index >= 15 is 0 Å². The van der Waals surface area contributed by atoms with Gasteiger partial charge in [-0.3, -0.25) is 9.69 Å². The van der Waals surface area contributed by atoms with Crippen molar-refractivity contribution < 1.29 is 14.6 Å². The molecular formula is C13H11Br2NO3S2. The van der Waals surface area contributed by atoms with Gasteiger partial charge in [0.25, 0.3) is 5.91 Å². The Morgan fingerprint density at radius 1 is 1.48 bits per heavy atom. The average Bonchev–Trinajstić information content (AvgIpc) is 2.69. The number of nitrogens with zero attached hydrogens (tertiary/aromatic N) is 1. The number of halogens is 2. The van der Waals surface area contributed by atoms with E-state index in [-0.39, 0.29) is 11.7 Å². The Bertz CT molecular complexity index is 661. The Morgan fingerprint density at radius 2 is 2.14 bits per heavy atom. The van der Waals surface area contributed by atoms with Gasteiger partial charge in [0.15, 0.2) is 11.5 Å². The van der Waals surface area contributed by atoms with Gasteiger partial charge in [0.1, 0.15) is 4.32 Å². The van der Waals surface area contributed by atoms with Crippen molar-refractivity contribution in [2.24, 2.45) is 0 Å². The summed E-state index contributed by atoms with van der Waals surface area (Å²) in [6.45, 7) is 2.26. The highest BCUT2D eigenvalue weighted by molar-refractivity contribution is 9.13. The number of rotatable bonds is 3. The van der Waals surface area contributed by atoms with E-state index in [1.165, 1.54) is 16.7 Å². The normalized spacial score (nSPS) is 17.0. The lowest BCUT2D eigenvalue weighted by Gasteiger charge is -2.11. The molecule has 0 aliphatic carbocycles. The summed E-state index contributed by atoms with van der Waals surface area (Å²) in [7, 11) is 1.64. The molecule has 2 rings (SSSR count). The highest BCUT2D eigenvalue weighted by Crippen LogP contribution is 2.43. The van der Waals surface area contributed by atoms with Crippen molar-refractivity contribution in [2.45, 2.75) is 6.92 Å².